The first-order chi connectivity index (χ1) is 13.6. The predicted molar refractivity (Wildman–Crippen MR) is 107 cm³/mol. The lowest BCUT2D eigenvalue weighted by Crippen LogP contribution is -2.15. The normalized spacial score (nSPS) is 14.2. The maximum Gasteiger partial charge on any atom is 0.274 e. The molecule has 0 radical (unpaired) electrons. The number of hydrogen-bond acceptors (Lipinski definition) is 5. The number of pyridine rings is 1. The second kappa shape index (κ2) is 7.76. The van der Waals surface area contributed by atoms with E-state index < -0.39 is 0 Å². The Bertz CT molecular complexity index is 1010. The summed E-state index contributed by atoms with van der Waals surface area (Å²) in [4.78, 5) is 16.9. The summed E-state index contributed by atoms with van der Waals surface area (Å²) in [6.07, 6.45) is 4.59. The van der Waals surface area contributed by atoms with Crippen LogP contribution in [-0.4, -0.2) is 29.2 Å². The lowest BCUT2D eigenvalue weighted by atomic mass is 10.2. The van der Waals surface area contributed by atoms with Crippen molar-refractivity contribution < 1.29 is 19.4 Å². The Morgan fingerprint density at radius 2 is 1.93 bits per heavy atom. The van der Waals surface area contributed by atoms with E-state index in [2.05, 4.69) is 10.3 Å². The number of hydrogen-bond donors (Lipinski definition) is 2. The van der Waals surface area contributed by atoms with Crippen LogP contribution in [0, 0.1) is 0 Å². The quantitative estimate of drug-likeness (QED) is 0.682. The molecular formula is C22H22N2O4. The molecule has 0 atom stereocenters. The zero-order chi connectivity index (χ0) is 19.5. The second-order valence-electron chi connectivity index (χ2n) is 6.89. The molecule has 1 aromatic heterocycles. The number of aromatic hydroxyl groups is 1. The summed E-state index contributed by atoms with van der Waals surface area (Å²) in [6.45, 7) is 0. The van der Waals surface area contributed by atoms with Crippen LogP contribution in [0.1, 0.15) is 36.2 Å². The largest absolute Gasteiger partial charge is 0.506 e. The Balaban J connectivity index is 1.56. The van der Waals surface area contributed by atoms with Crippen molar-refractivity contribution >= 4 is 22.5 Å². The van der Waals surface area contributed by atoms with Crippen LogP contribution in [0.2, 0.25) is 0 Å². The Morgan fingerprint density at radius 1 is 1.11 bits per heavy atom. The van der Waals surface area contributed by atoms with Gasteiger partial charge in [-0.3, -0.25) is 4.79 Å². The van der Waals surface area contributed by atoms with Gasteiger partial charge in [0.1, 0.15) is 17.0 Å². The highest BCUT2D eigenvalue weighted by Crippen LogP contribution is 2.34. The number of nitrogens with zero attached hydrogens (tertiary/aromatic N) is 1. The van der Waals surface area contributed by atoms with Gasteiger partial charge in [-0.15, -0.1) is 0 Å². The summed E-state index contributed by atoms with van der Waals surface area (Å²) in [7, 11) is 1.60. The van der Waals surface area contributed by atoms with Crippen LogP contribution in [0.25, 0.3) is 10.9 Å². The fourth-order valence-corrected chi connectivity index (χ4v) is 3.49. The number of benzene rings is 2. The summed E-state index contributed by atoms with van der Waals surface area (Å²) in [5.74, 6) is 0.945. The van der Waals surface area contributed by atoms with Gasteiger partial charge in [-0.25, -0.2) is 4.98 Å². The van der Waals surface area contributed by atoms with Gasteiger partial charge in [0, 0.05) is 17.1 Å². The SMILES string of the molecule is COc1ccc(NC(=O)c2ccc3cccc(O)c3n2)cc1OC1CCCC1. The molecule has 0 saturated heterocycles. The molecule has 6 nitrogen and oxygen atoms in total. The highest BCUT2D eigenvalue weighted by Gasteiger charge is 2.19. The van der Waals surface area contributed by atoms with Crippen molar-refractivity contribution in [3.63, 3.8) is 0 Å². The van der Waals surface area contributed by atoms with E-state index in [0.29, 0.717) is 22.7 Å². The van der Waals surface area contributed by atoms with Gasteiger partial charge in [0.25, 0.3) is 5.91 Å². The van der Waals surface area contributed by atoms with E-state index in [4.69, 9.17) is 9.47 Å². The minimum atomic E-state index is -0.359. The lowest BCUT2D eigenvalue weighted by molar-refractivity contribution is 0.102. The standard InChI is InChI=1S/C22H22N2O4/c1-27-19-12-10-15(13-20(19)28-16-6-2-3-7-16)23-22(26)17-11-9-14-5-4-8-18(25)21(14)24-17/h4-5,8-13,16,25H,2-3,6-7H2,1H3,(H,23,26). The van der Waals surface area contributed by atoms with Crippen molar-refractivity contribution in [2.24, 2.45) is 0 Å². The molecule has 144 valence electrons. The summed E-state index contributed by atoms with van der Waals surface area (Å²) >= 11 is 0. The molecule has 1 heterocycles. The monoisotopic (exact) mass is 378 g/mol. The van der Waals surface area contributed by atoms with E-state index in [9.17, 15) is 9.90 Å². The predicted octanol–water partition coefficient (Wildman–Crippen LogP) is 4.52. The molecule has 0 unspecified atom stereocenters. The van der Waals surface area contributed by atoms with Crippen LogP contribution in [0.15, 0.2) is 48.5 Å². The number of aromatic nitrogens is 1. The van der Waals surface area contributed by atoms with Crippen LogP contribution in [0.5, 0.6) is 17.2 Å². The zero-order valence-electron chi connectivity index (χ0n) is 15.6. The molecule has 1 fully saturated rings. The van der Waals surface area contributed by atoms with Crippen LogP contribution < -0.4 is 14.8 Å². The first kappa shape index (κ1) is 18.1. The van der Waals surface area contributed by atoms with Crippen molar-refractivity contribution in [2.75, 3.05) is 12.4 Å². The van der Waals surface area contributed by atoms with Crippen molar-refractivity contribution in [1.82, 2.24) is 4.98 Å². The molecule has 6 heteroatoms. The lowest BCUT2D eigenvalue weighted by Gasteiger charge is -2.17. The summed E-state index contributed by atoms with van der Waals surface area (Å²) < 4.78 is 11.5. The highest BCUT2D eigenvalue weighted by molar-refractivity contribution is 6.04. The van der Waals surface area contributed by atoms with Crippen LogP contribution in [-0.2, 0) is 0 Å². The smallest absolute Gasteiger partial charge is 0.274 e. The topological polar surface area (TPSA) is 80.7 Å². The third-order valence-corrected chi connectivity index (χ3v) is 4.95. The fraction of sp³-hybridized carbons (Fsp3) is 0.273. The van der Waals surface area contributed by atoms with E-state index >= 15 is 0 Å². The van der Waals surface area contributed by atoms with Crippen molar-refractivity contribution in [3.05, 3.63) is 54.2 Å². The third kappa shape index (κ3) is 3.71. The molecule has 0 bridgehead atoms. The second-order valence-corrected chi connectivity index (χ2v) is 6.89. The summed E-state index contributed by atoms with van der Waals surface area (Å²) in [6, 6.07) is 13.8. The Hall–Kier alpha value is -3.28. The number of fused-ring (bicyclic) bond motifs is 1. The van der Waals surface area contributed by atoms with Gasteiger partial charge < -0.3 is 19.9 Å². The molecule has 2 N–H and O–H groups in total. The molecule has 3 aromatic rings. The highest BCUT2D eigenvalue weighted by atomic mass is 16.5. The maximum atomic E-state index is 12.7. The third-order valence-electron chi connectivity index (χ3n) is 4.95. The minimum Gasteiger partial charge on any atom is -0.506 e. The molecule has 1 aliphatic carbocycles. The van der Waals surface area contributed by atoms with E-state index in [1.165, 1.54) is 12.8 Å². The maximum absolute atomic E-state index is 12.7. The van der Waals surface area contributed by atoms with Crippen molar-refractivity contribution in [1.29, 1.82) is 0 Å². The van der Waals surface area contributed by atoms with Gasteiger partial charge in [-0.1, -0.05) is 18.2 Å². The van der Waals surface area contributed by atoms with Crippen LogP contribution in [0.4, 0.5) is 5.69 Å². The number of ether oxygens (including phenoxy) is 2. The fourth-order valence-electron chi connectivity index (χ4n) is 3.49. The summed E-state index contributed by atoms with van der Waals surface area (Å²) in [5.41, 5.74) is 1.22. The molecule has 2 aromatic carbocycles. The van der Waals surface area contributed by atoms with Gasteiger partial charge >= 0.3 is 0 Å². The van der Waals surface area contributed by atoms with Gasteiger partial charge in [0.05, 0.1) is 13.2 Å². The molecule has 1 saturated carbocycles. The summed E-state index contributed by atoms with van der Waals surface area (Å²) in [5, 5.41) is 13.6. The van der Waals surface area contributed by atoms with E-state index in [-0.39, 0.29) is 23.5 Å². The number of rotatable bonds is 5. The molecule has 0 spiro atoms. The van der Waals surface area contributed by atoms with Crippen LogP contribution in [0.3, 0.4) is 0 Å². The van der Waals surface area contributed by atoms with E-state index in [1.807, 2.05) is 6.07 Å². The van der Waals surface area contributed by atoms with Crippen LogP contribution >= 0.6 is 0 Å². The average Bonchev–Trinajstić information content (AvgIpc) is 3.21. The Morgan fingerprint density at radius 3 is 2.71 bits per heavy atom. The number of carbonyl (C=O) groups is 1. The van der Waals surface area contributed by atoms with Crippen molar-refractivity contribution in [2.45, 2.75) is 31.8 Å². The average molecular weight is 378 g/mol. The molecule has 28 heavy (non-hydrogen) atoms. The Labute approximate surface area is 163 Å². The molecule has 1 aliphatic rings. The molecule has 1 amide bonds. The first-order valence-corrected chi connectivity index (χ1v) is 9.39. The van der Waals surface area contributed by atoms with Gasteiger partial charge in [0.15, 0.2) is 11.5 Å². The number of carbonyl (C=O) groups excluding carboxylic acids is 1. The van der Waals surface area contributed by atoms with Gasteiger partial charge in [-0.2, -0.15) is 0 Å². The molecule has 0 aliphatic heterocycles. The number of nitrogens with one attached hydrogen (secondary N) is 1. The first-order valence-electron chi connectivity index (χ1n) is 9.39. The van der Waals surface area contributed by atoms with Crippen molar-refractivity contribution in [3.8, 4) is 17.2 Å². The Kier molecular flexibility index (Phi) is 5.02. The van der Waals surface area contributed by atoms with E-state index in [0.717, 1.165) is 18.2 Å². The molecule has 4 rings (SSSR count). The number of amides is 1. The van der Waals surface area contributed by atoms with Gasteiger partial charge in [-0.05, 0) is 49.9 Å². The number of anilines is 1. The molecular weight excluding hydrogens is 356 g/mol. The number of para-hydroxylation sites is 1. The zero-order valence-corrected chi connectivity index (χ0v) is 15.6. The minimum absolute atomic E-state index is 0.0452. The number of phenolic OH excluding ortho intramolecular Hbond substituents is 1. The van der Waals surface area contributed by atoms with E-state index in [1.54, 1.807) is 49.6 Å². The number of phenols is 1. The van der Waals surface area contributed by atoms with Gasteiger partial charge in [0.2, 0.25) is 0 Å². The number of methoxy groups -OCH3 is 1.